The van der Waals surface area contributed by atoms with Crippen LogP contribution in [-0.4, -0.2) is 13.7 Å². The molecule has 0 bridgehead atoms. The average Bonchev–Trinajstić information content (AvgIpc) is 2.65. The fourth-order valence-corrected chi connectivity index (χ4v) is 1.92. The summed E-state index contributed by atoms with van der Waals surface area (Å²) in [7, 11) is 1.76. The Balaban J connectivity index is 1.98. The molecule has 0 atom stereocenters. The van der Waals surface area contributed by atoms with Crippen LogP contribution >= 0.6 is 0 Å². The second-order valence-electron chi connectivity index (χ2n) is 3.80. The quantitative estimate of drug-likeness (QED) is 0.734. The summed E-state index contributed by atoms with van der Waals surface area (Å²) < 4.78 is 5.04. The molecule has 0 saturated heterocycles. The van der Waals surface area contributed by atoms with Crippen molar-refractivity contribution in [3.05, 3.63) is 34.9 Å². The monoisotopic (exact) mass is 191 g/mol. The molecule has 1 aliphatic rings. The molecule has 1 heterocycles. The van der Waals surface area contributed by atoms with Gasteiger partial charge < -0.3 is 10.1 Å². The minimum Gasteiger partial charge on any atom is -0.385 e. The van der Waals surface area contributed by atoms with E-state index in [4.69, 9.17) is 4.74 Å². The Morgan fingerprint density at radius 1 is 1.29 bits per heavy atom. The molecule has 1 N–H and O–H groups in total. The van der Waals surface area contributed by atoms with Gasteiger partial charge in [0.2, 0.25) is 0 Å². The highest BCUT2D eigenvalue weighted by Crippen LogP contribution is 2.17. The number of ether oxygens (including phenoxy) is 1. The second kappa shape index (κ2) is 4.58. The van der Waals surface area contributed by atoms with Crippen LogP contribution in [0.5, 0.6) is 0 Å². The van der Waals surface area contributed by atoms with Crippen molar-refractivity contribution in [1.82, 2.24) is 5.32 Å². The first-order chi connectivity index (χ1) is 6.90. The second-order valence-corrected chi connectivity index (χ2v) is 3.80. The van der Waals surface area contributed by atoms with E-state index in [2.05, 4.69) is 23.5 Å². The zero-order valence-electron chi connectivity index (χ0n) is 8.68. The summed E-state index contributed by atoms with van der Waals surface area (Å²) in [6.07, 6.45) is 2.24. The van der Waals surface area contributed by atoms with Gasteiger partial charge in [0, 0.05) is 26.8 Å². The van der Waals surface area contributed by atoms with E-state index in [9.17, 15) is 0 Å². The molecule has 2 nitrogen and oxygen atoms in total. The molecule has 0 amide bonds. The Bertz CT molecular complexity index is 309. The minimum absolute atomic E-state index is 0.856. The van der Waals surface area contributed by atoms with Crippen molar-refractivity contribution < 1.29 is 4.74 Å². The number of rotatable bonds is 4. The lowest BCUT2D eigenvalue weighted by molar-refractivity contribution is 0.195. The molecule has 0 fully saturated rings. The highest BCUT2D eigenvalue weighted by molar-refractivity contribution is 5.34. The Morgan fingerprint density at radius 2 is 2.14 bits per heavy atom. The van der Waals surface area contributed by atoms with Gasteiger partial charge in [0.1, 0.15) is 0 Å². The minimum atomic E-state index is 0.856. The van der Waals surface area contributed by atoms with Crippen molar-refractivity contribution in [2.75, 3.05) is 13.7 Å². The van der Waals surface area contributed by atoms with E-state index in [0.29, 0.717) is 0 Å². The van der Waals surface area contributed by atoms with Gasteiger partial charge in [0.25, 0.3) is 0 Å². The lowest BCUT2D eigenvalue weighted by Crippen LogP contribution is -1.99. The standard InChI is InChI=1S/C12H17NO/c1-14-6-2-3-10-4-5-11-8-13-9-12(11)7-10/h4-5,7,13H,2-3,6,8-9H2,1H3. The van der Waals surface area contributed by atoms with E-state index in [0.717, 1.165) is 32.5 Å². The molecular weight excluding hydrogens is 174 g/mol. The number of aryl methyl sites for hydroxylation is 1. The molecule has 0 aromatic heterocycles. The first kappa shape index (κ1) is 9.69. The van der Waals surface area contributed by atoms with Crippen molar-refractivity contribution in [3.63, 3.8) is 0 Å². The van der Waals surface area contributed by atoms with Gasteiger partial charge in [0.15, 0.2) is 0 Å². The van der Waals surface area contributed by atoms with Crippen molar-refractivity contribution in [1.29, 1.82) is 0 Å². The molecule has 0 radical (unpaired) electrons. The molecular formula is C12H17NO. The lowest BCUT2D eigenvalue weighted by atomic mass is 10.0. The number of nitrogens with one attached hydrogen (secondary N) is 1. The summed E-state index contributed by atoms with van der Waals surface area (Å²) in [6.45, 7) is 2.93. The maximum Gasteiger partial charge on any atom is 0.0465 e. The van der Waals surface area contributed by atoms with Crippen LogP contribution in [0.2, 0.25) is 0 Å². The van der Waals surface area contributed by atoms with Gasteiger partial charge in [0.05, 0.1) is 0 Å². The molecule has 2 rings (SSSR count). The molecule has 2 heteroatoms. The van der Waals surface area contributed by atoms with Crippen molar-refractivity contribution >= 4 is 0 Å². The van der Waals surface area contributed by atoms with Crippen LogP contribution in [0, 0.1) is 0 Å². The van der Waals surface area contributed by atoms with Gasteiger partial charge in [-0.25, -0.2) is 0 Å². The highest BCUT2D eigenvalue weighted by atomic mass is 16.5. The zero-order valence-corrected chi connectivity index (χ0v) is 8.68. The van der Waals surface area contributed by atoms with E-state index in [1.165, 1.54) is 16.7 Å². The highest BCUT2D eigenvalue weighted by Gasteiger charge is 2.09. The number of benzene rings is 1. The van der Waals surface area contributed by atoms with Crippen molar-refractivity contribution in [3.8, 4) is 0 Å². The van der Waals surface area contributed by atoms with Crippen LogP contribution in [0.4, 0.5) is 0 Å². The van der Waals surface area contributed by atoms with E-state index in [-0.39, 0.29) is 0 Å². The zero-order chi connectivity index (χ0) is 9.80. The predicted molar refractivity (Wildman–Crippen MR) is 57.2 cm³/mol. The summed E-state index contributed by atoms with van der Waals surface area (Å²) in [5, 5.41) is 3.36. The maximum atomic E-state index is 5.04. The van der Waals surface area contributed by atoms with Crippen molar-refractivity contribution in [2.45, 2.75) is 25.9 Å². The fraction of sp³-hybridized carbons (Fsp3) is 0.500. The van der Waals surface area contributed by atoms with Gasteiger partial charge in [-0.15, -0.1) is 0 Å². The molecule has 76 valence electrons. The van der Waals surface area contributed by atoms with Crippen LogP contribution in [0.15, 0.2) is 18.2 Å². The van der Waals surface area contributed by atoms with Crippen LogP contribution < -0.4 is 5.32 Å². The molecule has 0 aliphatic carbocycles. The van der Waals surface area contributed by atoms with Gasteiger partial charge in [-0.1, -0.05) is 18.2 Å². The Labute approximate surface area is 85.3 Å². The number of hydrogen-bond donors (Lipinski definition) is 1. The summed E-state index contributed by atoms with van der Waals surface area (Å²) in [4.78, 5) is 0. The summed E-state index contributed by atoms with van der Waals surface area (Å²) in [5.74, 6) is 0. The van der Waals surface area contributed by atoms with E-state index < -0.39 is 0 Å². The van der Waals surface area contributed by atoms with E-state index in [1.807, 2.05) is 0 Å². The van der Waals surface area contributed by atoms with Gasteiger partial charge in [-0.05, 0) is 29.5 Å². The third kappa shape index (κ3) is 2.14. The molecule has 0 saturated carbocycles. The molecule has 1 aromatic rings. The average molecular weight is 191 g/mol. The van der Waals surface area contributed by atoms with Crippen LogP contribution in [0.25, 0.3) is 0 Å². The van der Waals surface area contributed by atoms with Crippen molar-refractivity contribution in [2.24, 2.45) is 0 Å². The van der Waals surface area contributed by atoms with Gasteiger partial charge in [-0.2, -0.15) is 0 Å². The summed E-state index contributed by atoms with van der Waals surface area (Å²) >= 11 is 0. The first-order valence-electron chi connectivity index (χ1n) is 5.20. The fourth-order valence-electron chi connectivity index (χ4n) is 1.92. The largest absolute Gasteiger partial charge is 0.385 e. The normalized spacial score (nSPS) is 14.4. The summed E-state index contributed by atoms with van der Waals surface area (Å²) in [6, 6.07) is 6.81. The summed E-state index contributed by atoms with van der Waals surface area (Å²) in [5.41, 5.74) is 4.37. The van der Waals surface area contributed by atoms with Gasteiger partial charge >= 0.3 is 0 Å². The number of methoxy groups -OCH3 is 1. The number of hydrogen-bond acceptors (Lipinski definition) is 2. The molecule has 1 aliphatic heterocycles. The third-order valence-corrected chi connectivity index (χ3v) is 2.72. The van der Waals surface area contributed by atoms with Gasteiger partial charge in [-0.3, -0.25) is 0 Å². The Kier molecular flexibility index (Phi) is 3.17. The molecule has 0 spiro atoms. The van der Waals surface area contributed by atoms with Crippen LogP contribution in [-0.2, 0) is 24.2 Å². The molecule has 14 heavy (non-hydrogen) atoms. The topological polar surface area (TPSA) is 21.3 Å². The first-order valence-corrected chi connectivity index (χ1v) is 5.20. The van der Waals surface area contributed by atoms with E-state index in [1.54, 1.807) is 7.11 Å². The van der Waals surface area contributed by atoms with E-state index >= 15 is 0 Å². The Morgan fingerprint density at radius 3 is 3.00 bits per heavy atom. The number of fused-ring (bicyclic) bond motifs is 1. The molecule has 1 aromatic carbocycles. The Hall–Kier alpha value is -0.860. The smallest absolute Gasteiger partial charge is 0.0465 e. The SMILES string of the molecule is COCCCc1ccc2c(c1)CNC2. The van der Waals surface area contributed by atoms with Crippen LogP contribution in [0.1, 0.15) is 23.1 Å². The third-order valence-electron chi connectivity index (χ3n) is 2.72. The van der Waals surface area contributed by atoms with Crippen LogP contribution in [0.3, 0.4) is 0 Å². The maximum absolute atomic E-state index is 5.04. The lowest BCUT2D eigenvalue weighted by Gasteiger charge is -2.03. The molecule has 0 unspecified atom stereocenters. The predicted octanol–water partition coefficient (Wildman–Crippen LogP) is 1.87.